The van der Waals surface area contributed by atoms with Crippen LogP contribution in [0.5, 0.6) is 0 Å². The number of pyridine rings is 2. The van der Waals surface area contributed by atoms with Gasteiger partial charge in [-0.25, -0.2) is 4.98 Å². The number of para-hydroxylation sites is 1. The number of furan rings is 2. The lowest BCUT2D eigenvalue weighted by Crippen LogP contribution is -1.92. The highest BCUT2D eigenvalue weighted by molar-refractivity contribution is 6.34. The normalized spacial score (nSPS) is 12.5. The van der Waals surface area contributed by atoms with Crippen molar-refractivity contribution < 1.29 is 8.83 Å². The fourth-order valence-electron chi connectivity index (χ4n) is 5.09. The first-order valence-electron chi connectivity index (χ1n) is 10.2. The van der Waals surface area contributed by atoms with Crippen LogP contribution in [0.4, 0.5) is 0 Å². The molecule has 5 heterocycles. The van der Waals surface area contributed by atoms with Crippen molar-refractivity contribution in [3.8, 4) is 0 Å². The average molecular weight is 399 g/mol. The summed E-state index contributed by atoms with van der Waals surface area (Å²) in [5.41, 5.74) is 6.25. The van der Waals surface area contributed by atoms with Crippen molar-refractivity contribution in [3.63, 3.8) is 0 Å². The molecule has 5 heteroatoms. The first kappa shape index (κ1) is 15.5. The second-order valence-electron chi connectivity index (χ2n) is 7.87. The van der Waals surface area contributed by atoms with Gasteiger partial charge in [0.2, 0.25) is 0 Å². The van der Waals surface area contributed by atoms with E-state index in [4.69, 9.17) is 8.83 Å². The lowest BCUT2D eigenvalue weighted by Gasteiger charge is -2.08. The van der Waals surface area contributed by atoms with Crippen molar-refractivity contribution >= 4 is 71.3 Å². The van der Waals surface area contributed by atoms with Crippen LogP contribution in [0.1, 0.15) is 0 Å². The maximum atomic E-state index is 6.34. The van der Waals surface area contributed by atoms with Crippen molar-refractivity contribution in [2.75, 3.05) is 0 Å². The van der Waals surface area contributed by atoms with Crippen molar-refractivity contribution in [2.45, 2.75) is 0 Å². The van der Waals surface area contributed by atoms with Crippen LogP contribution in [-0.2, 0) is 0 Å². The van der Waals surface area contributed by atoms with Gasteiger partial charge < -0.3 is 8.83 Å². The van der Waals surface area contributed by atoms with E-state index in [-0.39, 0.29) is 0 Å². The Balaban J connectivity index is 1.78. The number of nitrogens with zero attached hydrogens (tertiary/aromatic N) is 3. The zero-order valence-electron chi connectivity index (χ0n) is 16.2. The molecule has 0 aliphatic heterocycles. The minimum Gasteiger partial charge on any atom is -0.456 e. The molecule has 0 saturated carbocycles. The van der Waals surface area contributed by atoms with Gasteiger partial charge in [-0.3, -0.25) is 9.38 Å². The molecule has 0 N–H and O–H groups in total. The Hall–Kier alpha value is -4.38. The molecule has 0 amide bonds. The molecule has 8 aromatic rings. The molecular formula is C26H13N3O2. The molecule has 0 fully saturated rings. The molecule has 0 bridgehead atoms. The van der Waals surface area contributed by atoms with Crippen LogP contribution >= 0.6 is 0 Å². The molecule has 0 saturated heterocycles. The second kappa shape index (κ2) is 5.21. The van der Waals surface area contributed by atoms with E-state index in [0.717, 1.165) is 71.3 Å². The molecular weight excluding hydrogens is 386 g/mol. The van der Waals surface area contributed by atoms with Gasteiger partial charge in [-0.15, -0.1) is 0 Å². The Kier molecular flexibility index (Phi) is 2.60. The molecule has 0 radical (unpaired) electrons. The monoisotopic (exact) mass is 399 g/mol. The fourth-order valence-corrected chi connectivity index (χ4v) is 5.09. The zero-order valence-corrected chi connectivity index (χ0v) is 16.2. The fraction of sp³-hybridized carbons (Fsp3) is 0. The minimum atomic E-state index is 0.851. The van der Waals surface area contributed by atoms with Crippen LogP contribution < -0.4 is 0 Å². The minimum absolute atomic E-state index is 0.851. The third-order valence-corrected chi connectivity index (χ3v) is 6.31. The Bertz CT molecular complexity index is 2010. The lowest BCUT2D eigenvalue weighted by atomic mass is 10.00. The Labute approximate surface area is 174 Å². The number of rotatable bonds is 0. The summed E-state index contributed by atoms with van der Waals surface area (Å²) in [6.45, 7) is 0. The first-order chi connectivity index (χ1) is 15.4. The van der Waals surface area contributed by atoms with E-state index < -0.39 is 0 Å². The van der Waals surface area contributed by atoms with Crippen molar-refractivity contribution in [3.05, 3.63) is 79.3 Å². The molecule has 144 valence electrons. The predicted octanol–water partition coefficient (Wildman–Crippen LogP) is 6.83. The first-order valence-corrected chi connectivity index (χ1v) is 10.2. The number of imidazole rings is 1. The molecule has 0 spiro atoms. The molecule has 0 atom stereocenters. The summed E-state index contributed by atoms with van der Waals surface area (Å²) in [5.74, 6) is 0. The van der Waals surface area contributed by atoms with Crippen LogP contribution in [0.2, 0.25) is 0 Å². The van der Waals surface area contributed by atoms with E-state index in [9.17, 15) is 0 Å². The van der Waals surface area contributed by atoms with Crippen molar-refractivity contribution in [1.29, 1.82) is 0 Å². The van der Waals surface area contributed by atoms with E-state index in [1.54, 1.807) is 0 Å². The standard InChI is InChI=1S/C26H13N3O2/c1-2-6-17-14(4-1)22-18(30-17)9-10-20-24(22)23-19(31-20)8-7-16-21(23)15-5-3-11-27-25(15)26-28-12-13-29(16)26/h1-13H. The summed E-state index contributed by atoms with van der Waals surface area (Å²) in [4.78, 5) is 9.24. The van der Waals surface area contributed by atoms with Crippen LogP contribution in [0.15, 0.2) is 88.1 Å². The van der Waals surface area contributed by atoms with Gasteiger partial charge in [0, 0.05) is 50.9 Å². The topological polar surface area (TPSA) is 56.5 Å². The summed E-state index contributed by atoms with van der Waals surface area (Å²) >= 11 is 0. The van der Waals surface area contributed by atoms with Crippen LogP contribution in [0.3, 0.4) is 0 Å². The van der Waals surface area contributed by atoms with Gasteiger partial charge in [0.05, 0.1) is 5.52 Å². The predicted molar refractivity (Wildman–Crippen MR) is 123 cm³/mol. The highest BCUT2D eigenvalue weighted by atomic mass is 16.3. The van der Waals surface area contributed by atoms with Crippen LogP contribution in [0, 0.1) is 0 Å². The Morgan fingerprint density at radius 1 is 0.581 bits per heavy atom. The maximum Gasteiger partial charge on any atom is 0.163 e. The van der Waals surface area contributed by atoms with E-state index in [1.807, 2.05) is 61.1 Å². The summed E-state index contributed by atoms with van der Waals surface area (Å²) in [7, 11) is 0. The summed E-state index contributed by atoms with van der Waals surface area (Å²) in [5, 5.41) is 6.51. The lowest BCUT2D eigenvalue weighted by molar-refractivity contribution is 0.663. The number of benzene rings is 3. The third kappa shape index (κ3) is 1.78. The molecule has 8 rings (SSSR count). The molecule has 0 unspecified atom stereocenters. The van der Waals surface area contributed by atoms with Gasteiger partial charge >= 0.3 is 0 Å². The van der Waals surface area contributed by atoms with Crippen LogP contribution in [-0.4, -0.2) is 14.4 Å². The van der Waals surface area contributed by atoms with Gasteiger partial charge in [-0.05, 0) is 36.4 Å². The van der Waals surface area contributed by atoms with E-state index >= 15 is 0 Å². The third-order valence-electron chi connectivity index (χ3n) is 6.31. The van der Waals surface area contributed by atoms with Gasteiger partial charge in [0.25, 0.3) is 0 Å². The SMILES string of the molecule is c1ccc2c(c1)oc1ccc3oc4ccc5c(c6cccnc6c6nccn56)c4c3c12. The Morgan fingerprint density at radius 2 is 1.32 bits per heavy atom. The van der Waals surface area contributed by atoms with E-state index in [1.165, 1.54) is 0 Å². The molecule has 0 aliphatic rings. The molecule has 0 aliphatic carbocycles. The molecule has 5 aromatic heterocycles. The quantitative estimate of drug-likeness (QED) is 0.262. The maximum absolute atomic E-state index is 6.34. The highest BCUT2D eigenvalue weighted by Crippen LogP contribution is 2.44. The summed E-state index contributed by atoms with van der Waals surface area (Å²) < 4.78 is 14.6. The molecule has 3 aromatic carbocycles. The molecule has 31 heavy (non-hydrogen) atoms. The number of fused-ring (bicyclic) bond motifs is 14. The van der Waals surface area contributed by atoms with Gasteiger partial charge in [0.1, 0.15) is 27.8 Å². The average Bonchev–Trinajstić information content (AvgIpc) is 3.53. The molecule has 5 nitrogen and oxygen atoms in total. The second-order valence-corrected chi connectivity index (χ2v) is 7.87. The van der Waals surface area contributed by atoms with Gasteiger partial charge in [-0.1, -0.05) is 24.3 Å². The van der Waals surface area contributed by atoms with E-state index in [2.05, 4.69) is 32.6 Å². The van der Waals surface area contributed by atoms with Crippen LogP contribution in [0.25, 0.3) is 71.3 Å². The highest BCUT2D eigenvalue weighted by Gasteiger charge is 2.20. The summed E-state index contributed by atoms with van der Waals surface area (Å²) in [6.07, 6.45) is 5.63. The number of aromatic nitrogens is 3. The number of hydrogen-bond acceptors (Lipinski definition) is 4. The largest absolute Gasteiger partial charge is 0.456 e. The zero-order chi connectivity index (χ0) is 20.1. The van der Waals surface area contributed by atoms with E-state index in [0.29, 0.717) is 0 Å². The number of hydrogen-bond donors (Lipinski definition) is 0. The smallest absolute Gasteiger partial charge is 0.163 e. The summed E-state index contributed by atoms with van der Waals surface area (Å²) in [6, 6.07) is 20.4. The van der Waals surface area contributed by atoms with Gasteiger partial charge in [0.15, 0.2) is 5.65 Å². The Morgan fingerprint density at radius 3 is 2.26 bits per heavy atom. The van der Waals surface area contributed by atoms with Crippen molar-refractivity contribution in [1.82, 2.24) is 14.4 Å². The van der Waals surface area contributed by atoms with Crippen molar-refractivity contribution in [2.24, 2.45) is 0 Å². The van der Waals surface area contributed by atoms with Gasteiger partial charge in [-0.2, -0.15) is 0 Å².